The topological polar surface area (TPSA) is 20.3 Å². The van der Waals surface area contributed by atoms with Crippen LogP contribution in [0.4, 0.5) is 5.69 Å². The Bertz CT molecular complexity index is 733. The van der Waals surface area contributed by atoms with Crippen molar-refractivity contribution < 1.29 is 4.79 Å². The highest BCUT2D eigenvalue weighted by Crippen LogP contribution is 2.36. The van der Waals surface area contributed by atoms with Crippen LogP contribution in [0.5, 0.6) is 0 Å². The fourth-order valence-corrected chi connectivity index (χ4v) is 3.66. The Morgan fingerprint density at radius 3 is 2.16 bits per heavy atom. The van der Waals surface area contributed by atoms with Crippen LogP contribution in [-0.2, 0) is 17.6 Å². The Hall–Kier alpha value is -2.35. The van der Waals surface area contributed by atoms with Crippen molar-refractivity contribution in [2.24, 2.45) is 0 Å². The number of benzene rings is 1. The van der Waals surface area contributed by atoms with Crippen molar-refractivity contribution in [3.8, 4) is 0 Å². The van der Waals surface area contributed by atoms with E-state index in [1.54, 1.807) is 6.92 Å². The van der Waals surface area contributed by atoms with Crippen LogP contribution in [0.25, 0.3) is 6.08 Å². The van der Waals surface area contributed by atoms with Crippen LogP contribution in [-0.4, -0.2) is 19.4 Å². The van der Waals surface area contributed by atoms with Crippen molar-refractivity contribution in [2.45, 2.75) is 39.5 Å². The first-order chi connectivity index (χ1) is 12.2. The Balaban J connectivity index is 1.75. The van der Waals surface area contributed by atoms with Gasteiger partial charge in [-0.25, -0.2) is 0 Å². The number of allylic oxidation sites excluding steroid dienone is 7. The van der Waals surface area contributed by atoms with Gasteiger partial charge in [0.25, 0.3) is 0 Å². The molecule has 0 fully saturated rings. The fraction of sp³-hybridized carbons (Fsp3) is 0.348. The number of hydrogen-bond donors (Lipinski definition) is 0. The highest BCUT2D eigenvalue weighted by molar-refractivity contribution is 5.72. The third-order valence-corrected chi connectivity index (χ3v) is 4.91. The van der Waals surface area contributed by atoms with Crippen molar-refractivity contribution in [2.75, 3.05) is 18.0 Å². The van der Waals surface area contributed by atoms with Crippen LogP contribution in [0.2, 0.25) is 0 Å². The average molecular weight is 333 g/mol. The van der Waals surface area contributed by atoms with Gasteiger partial charge in [-0.3, -0.25) is 4.79 Å². The van der Waals surface area contributed by atoms with E-state index < -0.39 is 0 Å². The first-order valence-corrected chi connectivity index (χ1v) is 9.23. The van der Waals surface area contributed by atoms with Crippen molar-refractivity contribution >= 4 is 18.0 Å². The molecular formula is C23H27NO. The molecule has 2 heterocycles. The number of nitrogens with zero attached hydrogens (tertiary/aromatic N) is 1. The molecule has 0 bridgehead atoms. The number of hydrogen-bond acceptors (Lipinski definition) is 2. The van der Waals surface area contributed by atoms with E-state index in [2.05, 4.69) is 42.2 Å². The zero-order chi connectivity index (χ0) is 17.6. The van der Waals surface area contributed by atoms with Crippen LogP contribution in [0, 0.1) is 0 Å². The normalized spacial score (nSPS) is 18.1. The third-order valence-electron chi connectivity index (χ3n) is 4.91. The molecule has 0 atom stereocenters. The molecule has 0 N–H and O–H groups in total. The predicted molar refractivity (Wildman–Crippen MR) is 107 cm³/mol. The Morgan fingerprint density at radius 1 is 0.960 bits per heavy atom. The van der Waals surface area contributed by atoms with E-state index in [1.807, 2.05) is 18.2 Å². The van der Waals surface area contributed by atoms with E-state index in [4.69, 9.17) is 0 Å². The van der Waals surface area contributed by atoms with E-state index >= 15 is 0 Å². The Morgan fingerprint density at radius 2 is 1.56 bits per heavy atom. The second-order valence-electron chi connectivity index (χ2n) is 7.04. The third kappa shape index (κ3) is 4.39. The summed E-state index contributed by atoms with van der Waals surface area (Å²) in [5, 5.41) is 0. The molecule has 0 amide bonds. The number of rotatable bonds is 5. The molecule has 0 spiro atoms. The molecule has 130 valence electrons. The van der Waals surface area contributed by atoms with Gasteiger partial charge in [-0.05, 0) is 73.9 Å². The minimum Gasteiger partial charge on any atom is -0.371 e. The van der Waals surface area contributed by atoms with Gasteiger partial charge in [-0.15, -0.1) is 0 Å². The second kappa shape index (κ2) is 8.15. The quantitative estimate of drug-likeness (QED) is 0.427. The molecule has 2 heteroatoms. The van der Waals surface area contributed by atoms with E-state index in [-0.39, 0.29) is 0 Å². The maximum atomic E-state index is 10.5. The van der Waals surface area contributed by atoms with E-state index in [0.717, 1.165) is 11.9 Å². The molecule has 1 aromatic rings. The summed E-state index contributed by atoms with van der Waals surface area (Å²) in [5.41, 5.74) is 7.82. The van der Waals surface area contributed by atoms with Crippen molar-refractivity contribution in [3.05, 3.63) is 70.3 Å². The summed E-state index contributed by atoms with van der Waals surface area (Å²) in [5.74, 6) is 0. The van der Waals surface area contributed by atoms with Gasteiger partial charge in [0.1, 0.15) is 6.29 Å². The second-order valence-corrected chi connectivity index (χ2v) is 7.04. The maximum absolute atomic E-state index is 10.5. The van der Waals surface area contributed by atoms with E-state index in [0.29, 0.717) is 0 Å². The molecule has 0 aliphatic carbocycles. The Kier molecular flexibility index (Phi) is 5.70. The molecule has 2 nitrogen and oxygen atoms in total. The molecule has 3 rings (SSSR count). The summed E-state index contributed by atoms with van der Waals surface area (Å²) in [7, 11) is 0. The lowest BCUT2D eigenvalue weighted by Crippen LogP contribution is -2.34. The predicted octanol–water partition coefficient (Wildman–Crippen LogP) is 5.05. The number of anilines is 1. The number of carbonyl (C=O) groups is 1. The monoisotopic (exact) mass is 333 g/mol. The molecule has 1 aromatic carbocycles. The zero-order valence-corrected chi connectivity index (χ0v) is 15.3. The van der Waals surface area contributed by atoms with Crippen LogP contribution >= 0.6 is 0 Å². The van der Waals surface area contributed by atoms with Crippen LogP contribution < -0.4 is 4.90 Å². The van der Waals surface area contributed by atoms with Crippen molar-refractivity contribution in [3.63, 3.8) is 0 Å². The summed E-state index contributed by atoms with van der Waals surface area (Å²) in [6.07, 6.45) is 18.0. The lowest BCUT2D eigenvalue weighted by molar-refractivity contribution is -0.104. The summed E-state index contributed by atoms with van der Waals surface area (Å²) < 4.78 is 0. The van der Waals surface area contributed by atoms with Gasteiger partial charge in [0, 0.05) is 18.8 Å². The minimum atomic E-state index is 0.731. The van der Waals surface area contributed by atoms with Crippen LogP contribution in [0.3, 0.4) is 0 Å². The standard InChI is InChI=1S/C23H27NO/c1-18(7-3-4-8-19(2)17-25)11-12-20-15-21-9-5-13-24-14-6-10-22(16-20)23(21)24/h3-4,7-8,11-12,15-17H,5-6,9-10,13-14H2,1-2H3/b4-3+,12-11+,18-7+,19-8+. The lowest BCUT2D eigenvalue weighted by Gasteiger charge is -2.37. The first kappa shape index (κ1) is 17.5. The molecule has 2 aliphatic heterocycles. The molecule has 25 heavy (non-hydrogen) atoms. The molecular weight excluding hydrogens is 306 g/mol. The number of aldehydes is 1. The van der Waals surface area contributed by atoms with Crippen molar-refractivity contribution in [1.82, 2.24) is 0 Å². The van der Waals surface area contributed by atoms with Crippen molar-refractivity contribution in [1.29, 1.82) is 0 Å². The highest BCUT2D eigenvalue weighted by atomic mass is 16.1. The van der Waals surface area contributed by atoms with Crippen LogP contribution in [0.1, 0.15) is 43.4 Å². The van der Waals surface area contributed by atoms with Gasteiger partial charge in [-0.1, -0.05) is 42.0 Å². The van der Waals surface area contributed by atoms with E-state index in [1.165, 1.54) is 66.7 Å². The Labute approximate surface area is 151 Å². The molecule has 0 saturated carbocycles. The zero-order valence-electron chi connectivity index (χ0n) is 15.3. The first-order valence-electron chi connectivity index (χ1n) is 9.23. The van der Waals surface area contributed by atoms with Gasteiger partial charge < -0.3 is 4.90 Å². The van der Waals surface area contributed by atoms with Gasteiger partial charge >= 0.3 is 0 Å². The van der Waals surface area contributed by atoms with E-state index in [9.17, 15) is 4.79 Å². The molecule has 0 aromatic heterocycles. The molecule has 0 saturated heterocycles. The van der Waals surface area contributed by atoms with Gasteiger partial charge in [0.15, 0.2) is 0 Å². The molecule has 2 aliphatic rings. The highest BCUT2D eigenvalue weighted by Gasteiger charge is 2.23. The lowest BCUT2D eigenvalue weighted by atomic mass is 9.90. The maximum Gasteiger partial charge on any atom is 0.145 e. The molecule has 0 unspecified atom stereocenters. The average Bonchev–Trinajstić information content (AvgIpc) is 2.63. The summed E-state index contributed by atoms with van der Waals surface area (Å²) in [6.45, 7) is 6.35. The largest absolute Gasteiger partial charge is 0.371 e. The SMILES string of the molecule is C\C(C=O)=C/C=C/C=C(C)/C=C/c1cc2c3c(c1)CCCN3CCC2. The minimum absolute atomic E-state index is 0.731. The number of aryl methyl sites for hydroxylation is 2. The summed E-state index contributed by atoms with van der Waals surface area (Å²) in [4.78, 5) is 13.1. The summed E-state index contributed by atoms with van der Waals surface area (Å²) >= 11 is 0. The van der Waals surface area contributed by atoms with Gasteiger partial charge in [-0.2, -0.15) is 0 Å². The fourth-order valence-electron chi connectivity index (χ4n) is 3.66. The number of carbonyl (C=O) groups excluding carboxylic acids is 1. The van der Waals surface area contributed by atoms with Crippen LogP contribution in [0.15, 0.2) is 53.7 Å². The summed E-state index contributed by atoms with van der Waals surface area (Å²) in [6, 6.07) is 4.73. The smallest absolute Gasteiger partial charge is 0.145 e. The molecule has 0 radical (unpaired) electrons. The van der Waals surface area contributed by atoms with Gasteiger partial charge in [0.2, 0.25) is 0 Å². The van der Waals surface area contributed by atoms with Gasteiger partial charge in [0.05, 0.1) is 0 Å².